The molecule has 0 radical (unpaired) electrons. The zero-order chi connectivity index (χ0) is 20.6. The fourth-order valence-electron chi connectivity index (χ4n) is 2.92. The average molecular weight is 388 g/mol. The number of fused-ring (bicyclic) bond motifs is 1. The summed E-state index contributed by atoms with van der Waals surface area (Å²) in [6.45, 7) is 7.89. The molecule has 6 nitrogen and oxygen atoms in total. The van der Waals surface area contributed by atoms with Crippen molar-refractivity contribution in [1.29, 1.82) is 0 Å². The Morgan fingerprint density at radius 2 is 1.79 bits per heavy atom. The number of pyridine rings is 1. The number of rotatable bonds is 5. The highest BCUT2D eigenvalue weighted by molar-refractivity contribution is 6.12. The number of anilines is 1. The van der Waals surface area contributed by atoms with Crippen LogP contribution in [0.2, 0.25) is 0 Å². The van der Waals surface area contributed by atoms with Crippen LogP contribution < -0.4 is 10.1 Å². The summed E-state index contributed by atoms with van der Waals surface area (Å²) >= 11 is 0. The minimum Gasteiger partial charge on any atom is -0.491 e. The number of nitrogens with one attached hydrogen (secondary N) is 1. The first-order valence-electron chi connectivity index (χ1n) is 8.95. The van der Waals surface area contributed by atoms with Gasteiger partial charge in [0.1, 0.15) is 0 Å². The molecule has 0 bridgehead atoms. The van der Waals surface area contributed by atoms with Gasteiger partial charge in [-0.15, -0.1) is 0 Å². The summed E-state index contributed by atoms with van der Waals surface area (Å²) in [6.07, 6.45) is 1.58. The molecule has 8 heteroatoms. The van der Waals surface area contributed by atoms with Crippen molar-refractivity contribution in [3.63, 3.8) is 0 Å². The third-order valence-electron chi connectivity index (χ3n) is 4.37. The summed E-state index contributed by atoms with van der Waals surface area (Å²) < 4.78 is 34.3. The Hall–Kier alpha value is -3.03. The van der Waals surface area contributed by atoms with Gasteiger partial charge in [0.15, 0.2) is 23.0 Å². The number of hydrogen-bond donors (Lipinski definition) is 1. The molecule has 2 heterocycles. The van der Waals surface area contributed by atoms with E-state index in [9.17, 15) is 13.6 Å². The lowest BCUT2D eigenvalue weighted by Crippen LogP contribution is -2.14. The molecule has 0 aliphatic carbocycles. The molecule has 0 aliphatic rings. The molecule has 0 fully saturated rings. The highest BCUT2D eigenvalue weighted by atomic mass is 19.1. The van der Waals surface area contributed by atoms with E-state index < -0.39 is 23.3 Å². The number of halogens is 2. The molecular formula is C20H22F2N4O2. The van der Waals surface area contributed by atoms with Crippen molar-refractivity contribution in [1.82, 2.24) is 14.8 Å². The first-order valence-corrected chi connectivity index (χ1v) is 8.95. The van der Waals surface area contributed by atoms with E-state index in [2.05, 4.69) is 20.1 Å². The summed E-state index contributed by atoms with van der Waals surface area (Å²) in [6, 6.07) is 3.77. The van der Waals surface area contributed by atoms with Crippen molar-refractivity contribution in [2.75, 3.05) is 12.4 Å². The fourth-order valence-corrected chi connectivity index (χ4v) is 2.92. The largest absolute Gasteiger partial charge is 0.491 e. The molecule has 3 aromatic rings. The molecule has 2 aromatic heterocycles. The maximum absolute atomic E-state index is 13.9. The highest BCUT2D eigenvalue weighted by Crippen LogP contribution is 2.28. The van der Waals surface area contributed by atoms with Crippen LogP contribution in [0.5, 0.6) is 5.75 Å². The third-order valence-corrected chi connectivity index (χ3v) is 4.37. The smallest absolute Gasteiger partial charge is 0.256 e. The lowest BCUT2D eigenvalue weighted by Gasteiger charge is -2.13. The molecule has 0 spiro atoms. The number of carbonyl (C=O) groups excluding carboxylic acids is 1. The molecule has 0 saturated carbocycles. The maximum atomic E-state index is 13.9. The van der Waals surface area contributed by atoms with E-state index in [4.69, 9.17) is 0 Å². The number of carbonyl (C=O) groups is 1. The lowest BCUT2D eigenvalue weighted by molar-refractivity contribution is 0.102. The van der Waals surface area contributed by atoms with Gasteiger partial charge in [-0.2, -0.15) is 5.10 Å². The van der Waals surface area contributed by atoms with Crippen LogP contribution in [0.1, 0.15) is 55.7 Å². The van der Waals surface area contributed by atoms with Gasteiger partial charge in [-0.1, -0.05) is 13.8 Å². The highest BCUT2D eigenvalue weighted by Gasteiger charge is 2.20. The van der Waals surface area contributed by atoms with E-state index in [-0.39, 0.29) is 17.6 Å². The van der Waals surface area contributed by atoms with Gasteiger partial charge in [-0.3, -0.25) is 4.79 Å². The topological polar surface area (TPSA) is 69.0 Å². The second kappa shape index (κ2) is 7.53. The van der Waals surface area contributed by atoms with Crippen molar-refractivity contribution in [3.05, 3.63) is 47.3 Å². The maximum Gasteiger partial charge on any atom is 0.256 e. The van der Waals surface area contributed by atoms with E-state index in [0.29, 0.717) is 16.6 Å². The molecule has 1 aromatic carbocycles. The van der Waals surface area contributed by atoms with Gasteiger partial charge in [0.05, 0.1) is 24.3 Å². The Balaban J connectivity index is 2.06. The van der Waals surface area contributed by atoms with Crippen LogP contribution in [-0.4, -0.2) is 27.8 Å². The summed E-state index contributed by atoms with van der Waals surface area (Å²) in [5, 5.41) is 7.46. The molecule has 148 valence electrons. The van der Waals surface area contributed by atoms with Gasteiger partial charge in [-0.05, 0) is 25.8 Å². The normalized spacial score (nSPS) is 11.5. The Morgan fingerprint density at radius 3 is 2.32 bits per heavy atom. The Bertz CT molecular complexity index is 1020. The standard InChI is InChI=1S/C20H22F2N4O2/c1-10(2)17-8-13(14-9-23-26(11(3)4)19(14)25-17)20(27)24-12-6-15(21)18(28-5)16(22)7-12/h6-11H,1-5H3,(H,24,27). The summed E-state index contributed by atoms with van der Waals surface area (Å²) in [5.41, 5.74) is 1.66. The Kier molecular flexibility index (Phi) is 5.31. The van der Waals surface area contributed by atoms with Crippen LogP contribution in [0.3, 0.4) is 0 Å². The molecular weight excluding hydrogens is 366 g/mol. The van der Waals surface area contributed by atoms with Crippen LogP contribution in [0, 0.1) is 11.6 Å². The second-order valence-electron chi connectivity index (χ2n) is 7.10. The molecule has 1 N–H and O–H groups in total. The number of hydrogen-bond acceptors (Lipinski definition) is 4. The van der Waals surface area contributed by atoms with Crippen molar-refractivity contribution in [2.45, 2.75) is 39.7 Å². The molecule has 0 atom stereocenters. The number of ether oxygens (including phenoxy) is 1. The first-order chi connectivity index (χ1) is 13.2. The SMILES string of the molecule is COc1c(F)cc(NC(=O)c2cc(C(C)C)nc3c2cnn3C(C)C)cc1F. The van der Waals surface area contributed by atoms with Crippen molar-refractivity contribution < 1.29 is 18.3 Å². The van der Waals surface area contributed by atoms with Crippen molar-refractivity contribution in [2.24, 2.45) is 0 Å². The fraction of sp³-hybridized carbons (Fsp3) is 0.350. The van der Waals surface area contributed by atoms with Crippen molar-refractivity contribution in [3.8, 4) is 5.75 Å². The van der Waals surface area contributed by atoms with Gasteiger partial charge >= 0.3 is 0 Å². The minimum absolute atomic E-state index is 0.00638. The van der Waals surface area contributed by atoms with E-state index in [1.807, 2.05) is 27.7 Å². The number of amides is 1. The predicted molar refractivity (Wildman–Crippen MR) is 103 cm³/mol. The zero-order valence-electron chi connectivity index (χ0n) is 16.4. The van der Waals surface area contributed by atoms with Crippen LogP contribution in [0.15, 0.2) is 24.4 Å². The number of aromatic nitrogens is 3. The molecule has 0 aliphatic heterocycles. The van der Waals surface area contributed by atoms with Crippen LogP contribution in [0.4, 0.5) is 14.5 Å². The molecule has 3 rings (SSSR count). The minimum atomic E-state index is -0.895. The average Bonchev–Trinajstić information content (AvgIpc) is 3.04. The Morgan fingerprint density at radius 1 is 1.14 bits per heavy atom. The van der Waals surface area contributed by atoms with E-state index in [1.54, 1.807) is 16.9 Å². The van der Waals surface area contributed by atoms with Gasteiger partial charge in [0, 0.05) is 29.6 Å². The van der Waals surface area contributed by atoms with Crippen LogP contribution >= 0.6 is 0 Å². The van der Waals surface area contributed by atoms with Crippen molar-refractivity contribution >= 4 is 22.6 Å². The summed E-state index contributed by atoms with van der Waals surface area (Å²) in [5.74, 6) is -2.70. The lowest BCUT2D eigenvalue weighted by atomic mass is 10.0. The van der Waals surface area contributed by atoms with Gasteiger partial charge in [0.25, 0.3) is 5.91 Å². The van der Waals surface area contributed by atoms with Gasteiger partial charge in [0.2, 0.25) is 0 Å². The first kappa shape index (κ1) is 19.7. The molecule has 0 saturated heterocycles. The predicted octanol–water partition coefficient (Wildman–Crippen LogP) is 4.67. The van der Waals surface area contributed by atoms with E-state index in [0.717, 1.165) is 17.8 Å². The summed E-state index contributed by atoms with van der Waals surface area (Å²) in [7, 11) is 1.17. The van der Waals surface area contributed by atoms with Gasteiger partial charge < -0.3 is 10.1 Å². The summed E-state index contributed by atoms with van der Waals surface area (Å²) in [4.78, 5) is 17.5. The quantitative estimate of drug-likeness (QED) is 0.689. The molecule has 1 amide bonds. The molecule has 28 heavy (non-hydrogen) atoms. The number of benzene rings is 1. The zero-order valence-corrected chi connectivity index (χ0v) is 16.4. The van der Waals surface area contributed by atoms with Crippen LogP contribution in [0.25, 0.3) is 11.0 Å². The number of nitrogens with zero attached hydrogens (tertiary/aromatic N) is 3. The van der Waals surface area contributed by atoms with Gasteiger partial charge in [-0.25, -0.2) is 18.4 Å². The van der Waals surface area contributed by atoms with Crippen LogP contribution in [-0.2, 0) is 0 Å². The number of methoxy groups -OCH3 is 1. The third kappa shape index (κ3) is 3.54. The van der Waals surface area contributed by atoms with E-state index in [1.165, 1.54) is 7.11 Å². The molecule has 0 unspecified atom stereocenters. The monoisotopic (exact) mass is 388 g/mol. The second-order valence-corrected chi connectivity index (χ2v) is 7.10. The van der Waals surface area contributed by atoms with E-state index >= 15 is 0 Å². The Labute approximate surface area is 161 Å².